The monoisotopic (exact) mass is 499 g/mol. The first kappa shape index (κ1) is 25.7. The number of amides is 1. The van der Waals surface area contributed by atoms with Crippen molar-refractivity contribution in [1.82, 2.24) is 9.88 Å². The summed E-state index contributed by atoms with van der Waals surface area (Å²) in [5.74, 6) is -1.17. The van der Waals surface area contributed by atoms with E-state index >= 15 is 0 Å². The molecule has 10 heteroatoms. The van der Waals surface area contributed by atoms with Gasteiger partial charge in [0.05, 0.1) is 23.5 Å². The van der Waals surface area contributed by atoms with Crippen LogP contribution in [0.25, 0.3) is 0 Å². The minimum atomic E-state index is -1.14. The number of aromatic carboxylic acids is 1. The van der Waals surface area contributed by atoms with E-state index in [4.69, 9.17) is 4.74 Å². The van der Waals surface area contributed by atoms with Gasteiger partial charge in [-0.3, -0.25) is 4.99 Å². The Bertz CT molecular complexity index is 1150. The molecule has 1 aliphatic carbocycles. The zero-order valence-electron chi connectivity index (χ0n) is 21.5. The maximum Gasteiger partial charge on any atom is 0.410 e. The lowest BCUT2D eigenvalue weighted by atomic mass is 9.90. The Morgan fingerprint density at radius 3 is 2.56 bits per heavy atom. The number of rotatable bonds is 6. The van der Waals surface area contributed by atoms with Gasteiger partial charge in [-0.25, -0.2) is 19.0 Å². The van der Waals surface area contributed by atoms with E-state index in [0.29, 0.717) is 44.7 Å². The van der Waals surface area contributed by atoms with Crippen LogP contribution in [-0.2, 0) is 4.74 Å². The number of hydrogen-bond donors (Lipinski definition) is 2. The fraction of sp³-hybridized carbons (Fsp3) is 0.538. The molecule has 2 fully saturated rings. The van der Waals surface area contributed by atoms with E-state index < -0.39 is 11.6 Å². The normalized spacial score (nSPS) is 22.0. The van der Waals surface area contributed by atoms with Gasteiger partial charge in [0.25, 0.3) is 0 Å². The number of aliphatic imine (C=N–C) groups is 1. The van der Waals surface area contributed by atoms with Crippen LogP contribution in [0.1, 0.15) is 56.1 Å². The number of piperidine rings is 1. The molecule has 2 aliphatic heterocycles. The van der Waals surface area contributed by atoms with Gasteiger partial charge in [0.2, 0.25) is 0 Å². The first-order chi connectivity index (χ1) is 17.0. The van der Waals surface area contributed by atoms with E-state index in [9.17, 15) is 19.1 Å². The van der Waals surface area contributed by atoms with Gasteiger partial charge in [0.1, 0.15) is 17.2 Å². The van der Waals surface area contributed by atoms with Crippen LogP contribution in [0.15, 0.2) is 34.7 Å². The van der Waals surface area contributed by atoms with Crippen LogP contribution in [0, 0.1) is 11.8 Å². The summed E-state index contributed by atoms with van der Waals surface area (Å²) in [7, 11) is 3.45. The molecule has 4 rings (SSSR count). The second-order valence-electron chi connectivity index (χ2n) is 10.2. The van der Waals surface area contributed by atoms with E-state index in [1.807, 2.05) is 13.8 Å². The first-order valence-electron chi connectivity index (χ1n) is 12.3. The van der Waals surface area contributed by atoms with E-state index in [2.05, 4.69) is 20.2 Å². The molecular weight excluding hydrogens is 465 g/mol. The minimum Gasteiger partial charge on any atom is -0.477 e. The Hall–Kier alpha value is -3.43. The van der Waals surface area contributed by atoms with Crippen LogP contribution in [0.4, 0.5) is 20.7 Å². The van der Waals surface area contributed by atoms with Crippen molar-refractivity contribution in [2.45, 2.75) is 45.6 Å². The van der Waals surface area contributed by atoms with Crippen molar-refractivity contribution in [2.75, 3.05) is 43.9 Å². The van der Waals surface area contributed by atoms with Gasteiger partial charge >= 0.3 is 12.1 Å². The summed E-state index contributed by atoms with van der Waals surface area (Å²) < 4.78 is 19.6. The van der Waals surface area contributed by atoms with Gasteiger partial charge in [-0.15, -0.1) is 0 Å². The molecule has 1 unspecified atom stereocenters. The SMILES string of the molecule is CN=C(c1c(N2CCC3(CC2)CN(C)C(=O)O3)cc(C(=O)O)nc1NC1=CC=C(F)C(C)C1)C(C)C. The topological polar surface area (TPSA) is 107 Å². The van der Waals surface area contributed by atoms with Gasteiger partial charge in [0.15, 0.2) is 5.69 Å². The number of likely N-dealkylation sites (N-methyl/N-ethyl adjacent to an activating group) is 1. The van der Waals surface area contributed by atoms with Gasteiger partial charge in [0, 0.05) is 51.6 Å². The summed E-state index contributed by atoms with van der Waals surface area (Å²) in [6, 6.07) is 1.60. The Morgan fingerprint density at radius 2 is 2.03 bits per heavy atom. The number of ether oxygens (including phenoxy) is 1. The highest BCUT2D eigenvalue weighted by molar-refractivity contribution is 6.11. The molecule has 9 nitrogen and oxygen atoms in total. The molecule has 0 radical (unpaired) electrons. The summed E-state index contributed by atoms with van der Waals surface area (Å²) >= 11 is 0. The Labute approximate surface area is 210 Å². The van der Waals surface area contributed by atoms with Crippen LogP contribution in [0.3, 0.4) is 0 Å². The van der Waals surface area contributed by atoms with Crippen LogP contribution < -0.4 is 10.2 Å². The Balaban J connectivity index is 1.76. The van der Waals surface area contributed by atoms with Crippen molar-refractivity contribution in [3.63, 3.8) is 0 Å². The van der Waals surface area contributed by atoms with E-state index in [-0.39, 0.29) is 29.4 Å². The van der Waals surface area contributed by atoms with Crippen molar-refractivity contribution in [2.24, 2.45) is 16.8 Å². The Kier molecular flexibility index (Phi) is 7.06. The number of pyridine rings is 1. The molecule has 0 saturated carbocycles. The zero-order valence-corrected chi connectivity index (χ0v) is 21.5. The number of carbonyl (C=O) groups excluding carboxylic acids is 1. The van der Waals surface area contributed by atoms with Gasteiger partial charge in [-0.2, -0.15) is 0 Å². The van der Waals surface area contributed by atoms with Gasteiger partial charge < -0.3 is 25.0 Å². The lowest BCUT2D eigenvalue weighted by molar-refractivity contribution is 0.0366. The molecule has 2 saturated heterocycles. The maximum absolute atomic E-state index is 13.9. The zero-order chi connectivity index (χ0) is 26.2. The average molecular weight is 500 g/mol. The standard InChI is InChI=1S/C26H34FN5O4/c1-15(2)22(28-4)21-20(32-10-8-26(9-11-32)14-31(5)25(35)36-26)13-19(24(33)34)30-23(21)29-17-6-7-18(27)16(3)12-17/h6-7,13,15-16H,8-12,14H2,1-5H3,(H,29,30)(H,33,34). The number of nitrogens with one attached hydrogen (secondary N) is 1. The number of carbonyl (C=O) groups is 2. The number of allylic oxidation sites excluding steroid dienone is 4. The lowest BCUT2D eigenvalue weighted by Crippen LogP contribution is -2.47. The summed E-state index contributed by atoms with van der Waals surface area (Å²) in [6.07, 6.45) is 4.49. The molecular formula is C26H34FN5O4. The van der Waals surface area contributed by atoms with Crippen molar-refractivity contribution in [3.8, 4) is 0 Å². The smallest absolute Gasteiger partial charge is 0.410 e. The quantitative estimate of drug-likeness (QED) is 0.556. The van der Waals surface area contributed by atoms with Gasteiger partial charge in [-0.05, 0) is 30.6 Å². The second-order valence-corrected chi connectivity index (χ2v) is 10.2. The highest BCUT2D eigenvalue weighted by Crippen LogP contribution is 2.38. The van der Waals surface area contributed by atoms with Gasteiger partial charge in [-0.1, -0.05) is 20.8 Å². The van der Waals surface area contributed by atoms with Crippen molar-refractivity contribution >= 4 is 29.3 Å². The lowest BCUT2D eigenvalue weighted by Gasteiger charge is -2.39. The molecule has 3 aliphatic rings. The highest BCUT2D eigenvalue weighted by Gasteiger charge is 2.46. The molecule has 1 aromatic heterocycles. The largest absolute Gasteiger partial charge is 0.477 e. The summed E-state index contributed by atoms with van der Waals surface area (Å²) in [6.45, 7) is 7.57. The predicted octanol–water partition coefficient (Wildman–Crippen LogP) is 4.46. The molecule has 36 heavy (non-hydrogen) atoms. The fourth-order valence-electron chi connectivity index (χ4n) is 5.18. The molecule has 0 bridgehead atoms. The minimum absolute atomic E-state index is 0.0453. The molecule has 1 spiro atoms. The number of aromatic nitrogens is 1. The molecule has 3 heterocycles. The third-order valence-corrected chi connectivity index (χ3v) is 7.14. The molecule has 1 atom stereocenters. The molecule has 0 aromatic carbocycles. The highest BCUT2D eigenvalue weighted by atomic mass is 19.1. The average Bonchev–Trinajstić information content (AvgIpc) is 3.10. The van der Waals surface area contributed by atoms with Crippen LogP contribution in [0.2, 0.25) is 0 Å². The van der Waals surface area contributed by atoms with Crippen molar-refractivity contribution in [3.05, 3.63) is 41.0 Å². The number of carboxylic acid groups (broad SMARTS) is 1. The number of anilines is 2. The molecule has 194 valence electrons. The summed E-state index contributed by atoms with van der Waals surface area (Å²) in [5, 5.41) is 13.2. The number of halogens is 1. The van der Waals surface area contributed by atoms with E-state index in [1.165, 1.54) is 6.08 Å². The number of hydrogen-bond acceptors (Lipinski definition) is 7. The van der Waals surface area contributed by atoms with Crippen molar-refractivity contribution in [1.29, 1.82) is 0 Å². The fourth-order valence-corrected chi connectivity index (χ4v) is 5.18. The Morgan fingerprint density at radius 1 is 1.33 bits per heavy atom. The first-order valence-corrected chi connectivity index (χ1v) is 12.3. The van der Waals surface area contributed by atoms with Crippen LogP contribution in [-0.4, -0.2) is 72.1 Å². The molecule has 2 N–H and O–H groups in total. The van der Waals surface area contributed by atoms with Crippen molar-refractivity contribution < 1.29 is 23.8 Å². The number of carboxylic acids is 1. The maximum atomic E-state index is 13.9. The van der Waals surface area contributed by atoms with E-state index in [1.54, 1.807) is 38.1 Å². The molecule has 1 aromatic rings. The summed E-state index contributed by atoms with van der Waals surface area (Å²) in [4.78, 5) is 36.8. The number of nitrogens with zero attached hydrogens (tertiary/aromatic N) is 4. The molecule has 1 amide bonds. The van der Waals surface area contributed by atoms with Crippen LogP contribution in [0.5, 0.6) is 0 Å². The third-order valence-electron chi connectivity index (χ3n) is 7.14. The second kappa shape index (κ2) is 9.91. The summed E-state index contributed by atoms with van der Waals surface area (Å²) in [5.41, 5.74) is 2.38. The van der Waals surface area contributed by atoms with Crippen LogP contribution >= 0.6 is 0 Å². The third kappa shape index (κ3) is 4.94. The predicted molar refractivity (Wildman–Crippen MR) is 136 cm³/mol. The van der Waals surface area contributed by atoms with E-state index in [0.717, 1.165) is 22.7 Å².